The summed E-state index contributed by atoms with van der Waals surface area (Å²) >= 11 is 5.79. The Bertz CT molecular complexity index is 837. The van der Waals surface area contributed by atoms with E-state index in [2.05, 4.69) is 0 Å². The second-order valence-electron chi connectivity index (χ2n) is 5.46. The monoisotopic (exact) mass is 373 g/mol. The predicted octanol–water partition coefficient (Wildman–Crippen LogP) is 3.21. The van der Waals surface area contributed by atoms with E-state index in [1.54, 1.807) is 12.1 Å². The van der Waals surface area contributed by atoms with Crippen LogP contribution in [0.3, 0.4) is 0 Å². The SMILES string of the molecule is O=S(=O)(c1ccc(F)cc1F)N1CC(OCc2ccc(Cl)cc2)C1. The van der Waals surface area contributed by atoms with Gasteiger partial charge in [-0.25, -0.2) is 17.2 Å². The zero-order valence-electron chi connectivity index (χ0n) is 12.5. The Morgan fingerprint density at radius 1 is 1.12 bits per heavy atom. The van der Waals surface area contributed by atoms with Gasteiger partial charge in [0.2, 0.25) is 10.0 Å². The van der Waals surface area contributed by atoms with Crippen molar-refractivity contribution in [3.63, 3.8) is 0 Å². The summed E-state index contributed by atoms with van der Waals surface area (Å²) in [5.74, 6) is -1.92. The number of sulfonamides is 1. The fraction of sp³-hybridized carbons (Fsp3) is 0.250. The molecule has 0 radical (unpaired) electrons. The Hall–Kier alpha value is -1.54. The Balaban J connectivity index is 1.58. The van der Waals surface area contributed by atoms with Crippen LogP contribution in [0.2, 0.25) is 5.02 Å². The molecule has 0 amide bonds. The number of nitrogens with zero attached hydrogens (tertiary/aromatic N) is 1. The van der Waals surface area contributed by atoms with Gasteiger partial charge in [-0.15, -0.1) is 0 Å². The first-order valence-electron chi connectivity index (χ1n) is 7.17. The summed E-state index contributed by atoms with van der Waals surface area (Å²) in [6, 6.07) is 9.55. The molecule has 0 bridgehead atoms. The molecular weight excluding hydrogens is 360 g/mol. The first-order chi connectivity index (χ1) is 11.4. The van der Waals surface area contributed by atoms with E-state index >= 15 is 0 Å². The second-order valence-corrected chi connectivity index (χ2v) is 7.80. The molecule has 24 heavy (non-hydrogen) atoms. The lowest BCUT2D eigenvalue weighted by Gasteiger charge is -2.37. The summed E-state index contributed by atoms with van der Waals surface area (Å²) < 4.78 is 57.9. The number of ether oxygens (including phenoxy) is 1. The molecule has 0 aliphatic carbocycles. The van der Waals surface area contributed by atoms with E-state index in [-0.39, 0.29) is 19.2 Å². The average Bonchev–Trinajstić information content (AvgIpc) is 2.47. The molecule has 0 spiro atoms. The Morgan fingerprint density at radius 3 is 2.42 bits per heavy atom. The quantitative estimate of drug-likeness (QED) is 0.808. The maximum atomic E-state index is 13.7. The molecule has 2 aromatic rings. The highest BCUT2D eigenvalue weighted by Crippen LogP contribution is 2.26. The van der Waals surface area contributed by atoms with Gasteiger partial charge in [-0.3, -0.25) is 0 Å². The van der Waals surface area contributed by atoms with Gasteiger partial charge in [0.15, 0.2) is 0 Å². The summed E-state index contributed by atoms with van der Waals surface area (Å²) in [6.45, 7) is 0.597. The molecule has 0 unspecified atom stereocenters. The molecule has 1 aliphatic rings. The van der Waals surface area contributed by atoms with Crippen molar-refractivity contribution in [2.45, 2.75) is 17.6 Å². The number of hydrogen-bond donors (Lipinski definition) is 0. The van der Waals surface area contributed by atoms with Crippen LogP contribution in [-0.2, 0) is 21.4 Å². The van der Waals surface area contributed by atoms with Crippen molar-refractivity contribution in [2.75, 3.05) is 13.1 Å². The molecule has 8 heteroatoms. The molecule has 3 rings (SSSR count). The minimum Gasteiger partial charge on any atom is -0.371 e. The molecule has 1 saturated heterocycles. The minimum atomic E-state index is -3.98. The van der Waals surface area contributed by atoms with Gasteiger partial charge < -0.3 is 4.74 Å². The predicted molar refractivity (Wildman–Crippen MR) is 85.1 cm³/mol. The number of hydrogen-bond acceptors (Lipinski definition) is 3. The first-order valence-corrected chi connectivity index (χ1v) is 8.99. The lowest BCUT2D eigenvalue weighted by molar-refractivity contribution is -0.0296. The van der Waals surface area contributed by atoms with Gasteiger partial charge in [0.25, 0.3) is 0 Å². The van der Waals surface area contributed by atoms with Crippen LogP contribution in [0.1, 0.15) is 5.56 Å². The van der Waals surface area contributed by atoms with Crippen LogP contribution in [0, 0.1) is 11.6 Å². The Kier molecular flexibility index (Phi) is 4.87. The maximum absolute atomic E-state index is 13.7. The highest BCUT2D eigenvalue weighted by atomic mass is 35.5. The van der Waals surface area contributed by atoms with Crippen molar-refractivity contribution in [1.29, 1.82) is 0 Å². The van der Waals surface area contributed by atoms with Gasteiger partial charge in [-0.2, -0.15) is 4.31 Å². The van der Waals surface area contributed by atoms with Crippen LogP contribution >= 0.6 is 11.6 Å². The first kappa shape index (κ1) is 17.3. The lowest BCUT2D eigenvalue weighted by atomic mass is 10.2. The van der Waals surface area contributed by atoms with Crippen molar-refractivity contribution < 1.29 is 21.9 Å². The average molecular weight is 374 g/mol. The zero-order chi connectivity index (χ0) is 17.3. The third kappa shape index (κ3) is 3.59. The topological polar surface area (TPSA) is 46.6 Å². The normalized spacial score (nSPS) is 16.1. The van der Waals surface area contributed by atoms with Crippen LogP contribution in [0.5, 0.6) is 0 Å². The lowest BCUT2D eigenvalue weighted by Crippen LogP contribution is -2.54. The van der Waals surface area contributed by atoms with Gasteiger partial charge in [-0.05, 0) is 29.8 Å². The molecule has 2 aromatic carbocycles. The van der Waals surface area contributed by atoms with Crippen LogP contribution in [-0.4, -0.2) is 31.9 Å². The van der Waals surface area contributed by atoms with Crippen LogP contribution in [0.25, 0.3) is 0 Å². The van der Waals surface area contributed by atoms with Crippen molar-refractivity contribution in [1.82, 2.24) is 4.31 Å². The van der Waals surface area contributed by atoms with Crippen molar-refractivity contribution >= 4 is 21.6 Å². The molecule has 0 aromatic heterocycles. The van der Waals surface area contributed by atoms with Crippen LogP contribution < -0.4 is 0 Å². The van der Waals surface area contributed by atoms with Crippen molar-refractivity contribution in [3.8, 4) is 0 Å². The maximum Gasteiger partial charge on any atom is 0.246 e. The summed E-state index contributed by atoms with van der Waals surface area (Å²) in [6.07, 6.45) is -0.265. The van der Waals surface area contributed by atoms with E-state index in [0.29, 0.717) is 17.7 Å². The van der Waals surface area contributed by atoms with Gasteiger partial charge in [0.05, 0.1) is 12.7 Å². The fourth-order valence-corrected chi connectivity index (χ4v) is 4.00. The van der Waals surface area contributed by atoms with E-state index in [1.807, 2.05) is 12.1 Å². The molecule has 128 valence electrons. The van der Waals surface area contributed by atoms with Gasteiger partial charge >= 0.3 is 0 Å². The summed E-state index contributed by atoms with van der Waals surface area (Å²) in [4.78, 5) is -0.528. The number of rotatable bonds is 5. The third-order valence-electron chi connectivity index (χ3n) is 3.73. The van der Waals surface area contributed by atoms with Crippen molar-refractivity contribution in [2.24, 2.45) is 0 Å². The minimum absolute atomic E-state index is 0.132. The molecule has 1 fully saturated rings. The largest absolute Gasteiger partial charge is 0.371 e. The second kappa shape index (κ2) is 6.76. The molecule has 4 nitrogen and oxygen atoms in total. The molecule has 0 N–H and O–H groups in total. The standard InChI is InChI=1S/C16H14ClF2NO3S/c17-12-3-1-11(2-4-12)10-23-14-8-20(9-14)24(21,22)16-6-5-13(18)7-15(16)19/h1-7,14H,8-10H2. The summed E-state index contributed by atoms with van der Waals surface area (Å²) in [5, 5.41) is 0.626. The number of benzene rings is 2. The van der Waals surface area contributed by atoms with E-state index in [1.165, 1.54) is 0 Å². The van der Waals surface area contributed by atoms with Gasteiger partial charge in [0, 0.05) is 24.2 Å². The highest BCUT2D eigenvalue weighted by Gasteiger charge is 2.38. The highest BCUT2D eigenvalue weighted by molar-refractivity contribution is 7.89. The molecule has 0 atom stereocenters. The van der Waals surface area contributed by atoms with E-state index in [9.17, 15) is 17.2 Å². The molecule has 1 aliphatic heterocycles. The fourth-order valence-electron chi connectivity index (χ4n) is 2.32. The van der Waals surface area contributed by atoms with Crippen molar-refractivity contribution in [3.05, 3.63) is 64.7 Å². The Labute approximate surface area is 143 Å². The summed E-state index contributed by atoms with van der Waals surface area (Å²) in [5.41, 5.74) is 0.922. The smallest absolute Gasteiger partial charge is 0.246 e. The summed E-state index contributed by atoms with van der Waals surface area (Å²) in [7, 11) is -3.98. The zero-order valence-corrected chi connectivity index (χ0v) is 14.0. The van der Waals surface area contributed by atoms with E-state index in [4.69, 9.17) is 16.3 Å². The Morgan fingerprint density at radius 2 is 1.79 bits per heavy atom. The van der Waals surface area contributed by atoms with Crippen LogP contribution in [0.4, 0.5) is 8.78 Å². The van der Waals surface area contributed by atoms with E-state index in [0.717, 1.165) is 22.0 Å². The molecular formula is C16H14ClF2NO3S. The third-order valence-corrected chi connectivity index (χ3v) is 5.84. The van der Waals surface area contributed by atoms with Gasteiger partial charge in [-0.1, -0.05) is 23.7 Å². The van der Waals surface area contributed by atoms with Crippen LogP contribution in [0.15, 0.2) is 47.4 Å². The molecule has 1 heterocycles. The van der Waals surface area contributed by atoms with E-state index < -0.39 is 26.6 Å². The van der Waals surface area contributed by atoms with Gasteiger partial charge in [0.1, 0.15) is 16.5 Å². The number of halogens is 3. The molecule has 0 saturated carbocycles.